The van der Waals surface area contributed by atoms with E-state index in [0.717, 1.165) is 31.3 Å². The van der Waals surface area contributed by atoms with Crippen LogP contribution >= 0.6 is 0 Å². The van der Waals surface area contributed by atoms with Gasteiger partial charge in [-0.05, 0) is 49.9 Å². The molecule has 2 aromatic rings. The summed E-state index contributed by atoms with van der Waals surface area (Å²) < 4.78 is 135. The topological polar surface area (TPSA) is 117 Å². The molecule has 1 aliphatic heterocycles. The quantitative estimate of drug-likeness (QED) is 0.277. The van der Waals surface area contributed by atoms with Gasteiger partial charge in [-0.15, -0.1) is 0 Å². The van der Waals surface area contributed by atoms with Gasteiger partial charge in [-0.2, -0.15) is 30.6 Å². The van der Waals surface area contributed by atoms with Gasteiger partial charge in [-0.25, -0.2) is 32.2 Å². The second kappa shape index (κ2) is 12.2. The summed E-state index contributed by atoms with van der Waals surface area (Å²) in [6.07, 6.45) is -10.4. The van der Waals surface area contributed by atoms with Gasteiger partial charge in [0.2, 0.25) is 16.8 Å². The predicted octanol–water partition coefficient (Wildman–Crippen LogP) is 4.46. The first-order chi connectivity index (χ1) is 19.4. The van der Waals surface area contributed by atoms with Crippen LogP contribution in [0.1, 0.15) is 37.1 Å². The fraction of sp³-hybridized carbons (Fsp3) is 0.375. The first-order valence-electron chi connectivity index (χ1n) is 11.8. The van der Waals surface area contributed by atoms with Gasteiger partial charge in [-0.1, -0.05) is 0 Å². The van der Waals surface area contributed by atoms with Crippen LogP contribution in [-0.4, -0.2) is 65.6 Å². The molecule has 1 fully saturated rings. The predicted molar refractivity (Wildman–Crippen MR) is 134 cm³/mol. The van der Waals surface area contributed by atoms with Gasteiger partial charge < -0.3 is 5.32 Å². The molecule has 1 aliphatic rings. The Balaban J connectivity index is 1.93. The molecule has 3 rings (SSSR count). The Morgan fingerprint density at radius 1 is 1.24 bits per heavy atom. The number of rotatable bonds is 7. The van der Waals surface area contributed by atoms with E-state index in [-0.39, 0.29) is 11.3 Å². The maximum absolute atomic E-state index is 14.6. The van der Waals surface area contributed by atoms with Crippen molar-refractivity contribution in [2.24, 2.45) is 9.98 Å². The third-order valence-electron chi connectivity index (χ3n) is 6.17. The van der Waals surface area contributed by atoms with Crippen molar-refractivity contribution in [2.45, 2.75) is 62.4 Å². The number of nitrogens with zero attached hydrogens (tertiary/aromatic N) is 5. The monoisotopic (exact) mass is 626 g/mol. The summed E-state index contributed by atoms with van der Waals surface area (Å²) >= 11 is 0. The van der Waals surface area contributed by atoms with Crippen LogP contribution in [0, 0.1) is 5.82 Å². The largest absolute Gasteiger partial charge is 0.451 e. The summed E-state index contributed by atoms with van der Waals surface area (Å²) in [6, 6.07) is -0.459. The van der Waals surface area contributed by atoms with E-state index in [0.29, 0.717) is 16.7 Å². The number of pyridine rings is 2. The average Bonchev–Trinajstić information content (AvgIpc) is 3.20. The number of carbonyl (C=O) groups excluding carboxylic acids is 1. The lowest BCUT2D eigenvalue weighted by molar-refractivity contribution is -0.138. The van der Waals surface area contributed by atoms with Crippen molar-refractivity contribution >= 4 is 34.1 Å². The minimum absolute atomic E-state index is 0.110. The Labute approximate surface area is 234 Å². The van der Waals surface area contributed by atoms with E-state index in [1.165, 1.54) is 6.92 Å². The highest BCUT2D eigenvalue weighted by atomic mass is 32.2. The van der Waals surface area contributed by atoms with E-state index in [1.54, 1.807) is 0 Å². The summed E-state index contributed by atoms with van der Waals surface area (Å²) in [4.78, 5) is 26.0. The number of amidine groups is 1. The van der Waals surface area contributed by atoms with Crippen LogP contribution in [0.4, 0.5) is 35.1 Å². The summed E-state index contributed by atoms with van der Waals surface area (Å²) in [5.41, 5.74) is -2.26. The summed E-state index contributed by atoms with van der Waals surface area (Å²) in [5, 5.41) is 1.07. The molecule has 18 heteroatoms. The molecule has 0 spiro atoms. The van der Waals surface area contributed by atoms with Crippen LogP contribution in [0.3, 0.4) is 0 Å². The summed E-state index contributed by atoms with van der Waals surface area (Å²) in [5.74, 6) is -4.05. The van der Waals surface area contributed by atoms with Gasteiger partial charge >= 0.3 is 12.4 Å². The molecule has 9 nitrogen and oxygen atoms in total. The van der Waals surface area contributed by atoms with Gasteiger partial charge in [-0.3, -0.25) is 9.78 Å². The van der Waals surface area contributed by atoms with E-state index in [1.807, 2.05) is 0 Å². The van der Waals surface area contributed by atoms with E-state index >= 15 is 0 Å². The Hall–Kier alpha value is -3.80. The summed E-state index contributed by atoms with van der Waals surface area (Å²) in [6.45, 7) is 4.24. The van der Waals surface area contributed by atoms with Crippen molar-refractivity contribution in [1.82, 2.24) is 19.6 Å². The van der Waals surface area contributed by atoms with Crippen LogP contribution in [0.15, 0.2) is 51.8 Å². The number of hydrogen-bond donors (Lipinski definition) is 1. The Bertz CT molecular complexity index is 1520. The Morgan fingerprint density at radius 3 is 2.48 bits per heavy atom. The molecule has 0 unspecified atom stereocenters. The molecule has 0 saturated carbocycles. The van der Waals surface area contributed by atoms with Gasteiger partial charge in [0.15, 0.2) is 5.82 Å². The number of aliphatic imine (C=N–C) groups is 2. The fourth-order valence-electron chi connectivity index (χ4n) is 4.07. The van der Waals surface area contributed by atoms with E-state index < -0.39 is 87.3 Å². The van der Waals surface area contributed by atoms with Crippen molar-refractivity contribution < 1.29 is 48.3 Å². The smallest absolute Gasteiger partial charge is 0.351 e. The molecule has 0 aliphatic carbocycles. The van der Waals surface area contributed by atoms with Crippen molar-refractivity contribution in [3.05, 3.63) is 59.4 Å². The third kappa shape index (κ3) is 6.97. The lowest BCUT2D eigenvalue weighted by atomic mass is 10.1. The minimum Gasteiger partial charge on any atom is -0.351 e. The molecule has 42 heavy (non-hydrogen) atoms. The van der Waals surface area contributed by atoms with Gasteiger partial charge in [0.1, 0.15) is 12.2 Å². The maximum atomic E-state index is 14.6. The standard InChI is InChI=1S/C24H22F8N6O3S/c1-12(9-37-22(33-3)24(30,31)32)18-7-14(15(11-35-18)23(27,28)29)10-36-20(39)19-8-17(26)13(2)38(19)42(40,41)21-16(25)5-4-6-34-21/h4-7,9,11,13,17,19H,3,8,10H2,1-2H3,(H,36,39)/b12-9+,37-22?/t13-,17+,19-/m0/s1. The number of hydrogen-bond acceptors (Lipinski definition) is 6. The number of alkyl halides is 7. The molecule has 3 atom stereocenters. The molecule has 0 radical (unpaired) electrons. The highest BCUT2D eigenvalue weighted by Crippen LogP contribution is 2.35. The maximum Gasteiger partial charge on any atom is 0.451 e. The highest BCUT2D eigenvalue weighted by Gasteiger charge is 2.50. The van der Waals surface area contributed by atoms with Crippen LogP contribution in [-0.2, 0) is 27.5 Å². The SMILES string of the molecule is C=NC(=N/C=C(\C)c1cc(CNC(=O)[C@@H]2C[C@@H](F)[C@H](C)N2S(=O)(=O)c2ncccc2F)c(C(F)(F)F)cn1)C(F)(F)F. The molecule has 1 saturated heterocycles. The normalized spacial score (nSPS) is 21.0. The molecule has 228 valence electrons. The number of carbonyl (C=O) groups is 1. The zero-order chi connectivity index (χ0) is 31.6. The first kappa shape index (κ1) is 32.7. The first-order valence-corrected chi connectivity index (χ1v) is 13.2. The number of halogens is 8. The molecule has 0 bridgehead atoms. The Kier molecular flexibility index (Phi) is 9.51. The van der Waals surface area contributed by atoms with Crippen LogP contribution in [0.5, 0.6) is 0 Å². The van der Waals surface area contributed by atoms with E-state index in [9.17, 15) is 48.3 Å². The molecular formula is C24H22F8N6O3S. The lowest BCUT2D eigenvalue weighted by Crippen LogP contribution is -2.48. The fourth-order valence-corrected chi connectivity index (χ4v) is 5.86. The van der Waals surface area contributed by atoms with E-state index in [4.69, 9.17) is 0 Å². The van der Waals surface area contributed by atoms with Gasteiger partial charge in [0.25, 0.3) is 10.0 Å². The van der Waals surface area contributed by atoms with Gasteiger partial charge in [0, 0.05) is 31.6 Å². The highest BCUT2D eigenvalue weighted by molar-refractivity contribution is 7.89. The van der Waals surface area contributed by atoms with Crippen molar-refractivity contribution in [3.8, 4) is 0 Å². The van der Waals surface area contributed by atoms with Gasteiger partial charge in [0.05, 0.1) is 17.3 Å². The van der Waals surface area contributed by atoms with Crippen molar-refractivity contribution in [1.29, 1.82) is 0 Å². The second-order valence-electron chi connectivity index (χ2n) is 9.00. The zero-order valence-electron chi connectivity index (χ0n) is 21.7. The second-order valence-corrected chi connectivity index (χ2v) is 10.8. The average molecular weight is 627 g/mol. The number of nitrogens with one attached hydrogen (secondary N) is 1. The van der Waals surface area contributed by atoms with Crippen molar-refractivity contribution in [3.63, 3.8) is 0 Å². The van der Waals surface area contributed by atoms with Crippen molar-refractivity contribution in [2.75, 3.05) is 0 Å². The lowest BCUT2D eigenvalue weighted by Gasteiger charge is -2.26. The number of amides is 1. The minimum atomic E-state index is -4.98. The molecular weight excluding hydrogens is 604 g/mol. The number of sulfonamides is 1. The Morgan fingerprint density at radius 2 is 1.90 bits per heavy atom. The van der Waals surface area contributed by atoms with Crippen LogP contribution in [0.25, 0.3) is 5.57 Å². The third-order valence-corrected chi connectivity index (χ3v) is 8.10. The molecule has 1 amide bonds. The zero-order valence-corrected chi connectivity index (χ0v) is 22.5. The number of aromatic nitrogens is 2. The molecule has 0 aromatic carbocycles. The summed E-state index contributed by atoms with van der Waals surface area (Å²) in [7, 11) is -4.86. The molecule has 1 N–H and O–H groups in total. The van der Waals surface area contributed by atoms with E-state index in [2.05, 4.69) is 32.0 Å². The number of allylic oxidation sites excluding steroid dienone is 1. The molecule has 2 aromatic heterocycles. The van der Waals surface area contributed by atoms with Crippen LogP contribution < -0.4 is 5.32 Å². The van der Waals surface area contributed by atoms with Crippen LogP contribution in [0.2, 0.25) is 0 Å². The molecule has 3 heterocycles.